The van der Waals surface area contributed by atoms with Crippen molar-refractivity contribution < 1.29 is 4.79 Å². The minimum atomic E-state index is -0.0884. The van der Waals surface area contributed by atoms with Crippen molar-refractivity contribution in [3.8, 4) is 0 Å². The molecule has 1 atom stereocenters. The van der Waals surface area contributed by atoms with Crippen LogP contribution in [0, 0.1) is 0 Å². The average molecular weight is 351 g/mol. The Morgan fingerprint density at radius 2 is 2.08 bits per heavy atom. The highest BCUT2D eigenvalue weighted by Crippen LogP contribution is 2.29. The summed E-state index contributed by atoms with van der Waals surface area (Å²) in [4.78, 5) is 29.1. The molecule has 0 aromatic carbocycles. The van der Waals surface area contributed by atoms with Crippen molar-refractivity contribution in [3.05, 3.63) is 48.3 Å². The van der Waals surface area contributed by atoms with Gasteiger partial charge in [0.1, 0.15) is 11.4 Å². The number of carbonyl (C=O) groups excluding carboxylic acids is 1. The van der Waals surface area contributed by atoms with Gasteiger partial charge in [-0.1, -0.05) is 0 Å². The summed E-state index contributed by atoms with van der Waals surface area (Å²) in [5, 5.41) is 4.46. The number of piperidine rings is 1. The molecule has 4 heterocycles. The van der Waals surface area contributed by atoms with Crippen molar-refractivity contribution in [3.63, 3.8) is 0 Å². The summed E-state index contributed by atoms with van der Waals surface area (Å²) in [6, 6.07) is 1.99. The third-order valence-electron chi connectivity index (χ3n) is 4.78. The Hall–Kier alpha value is -3.03. The van der Waals surface area contributed by atoms with Crippen LogP contribution in [-0.4, -0.2) is 62.6 Å². The standard InChI is InChI=1S/C18H21N7O/c1-23(2)18(26)14-10-22-25-15(5-6-21-17(14)25)13-4-3-9-24(12-13)16-11-19-7-8-20-16/h5-8,10-11,13H,3-4,9,12H2,1-2H3. The molecule has 1 aliphatic heterocycles. The molecule has 0 radical (unpaired) electrons. The summed E-state index contributed by atoms with van der Waals surface area (Å²) in [6.45, 7) is 1.81. The van der Waals surface area contributed by atoms with E-state index in [4.69, 9.17) is 0 Å². The molecule has 0 aliphatic carbocycles. The summed E-state index contributed by atoms with van der Waals surface area (Å²) >= 11 is 0. The zero-order valence-electron chi connectivity index (χ0n) is 14.9. The summed E-state index contributed by atoms with van der Waals surface area (Å²) < 4.78 is 1.81. The third-order valence-corrected chi connectivity index (χ3v) is 4.78. The summed E-state index contributed by atoms with van der Waals surface area (Å²) in [5.74, 6) is 1.10. The Bertz CT molecular complexity index is 922. The molecule has 0 N–H and O–H groups in total. The Morgan fingerprint density at radius 3 is 2.85 bits per heavy atom. The van der Waals surface area contributed by atoms with Crippen molar-refractivity contribution in [2.45, 2.75) is 18.8 Å². The van der Waals surface area contributed by atoms with Gasteiger partial charge in [-0.05, 0) is 18.9 Å². The molecule has 8 nitrogen and oxygen atoms in total. The van der Waals surface area contributed by atoms with Gasteiger partial charge in [0.05, 0.1) is 18.1 Å². The van der Waals surface area contributed by atoms with Crippen LogP contribution in [0.5, 0.6) is 0 Å². The molecule has 0 saturated carbocycles. The number of hydrogen-bond acceptors (Lipinski definition) is 6. The second-order valence-corrected chi connectivity index (χ2v) is 6.71. The summed E-state index contributed by atoms with van der Waals surface area (Å²) in [5.41, 5.74) is 2.21. The van der Waals surface area contributed by atoms with Gasteiger partial charge >= 0.3 is 0 Å². The van der Waals surface area contributed by atoms with Crippen LogP contribution in [0.1, 0.15) is 34.8 Å². The summed E-state index contributed by atoms with van der Waals surface area (Å²) in [6.07, 6.45) is 10.7. The minimum absolute atomic E-state index is 0.0884. The van der Waals surface area contributed by atoms with Gasteiger partial charge in [-0.25, -0.2) is 14.5 Å². The molecular formula is C18H21N7O. The maximum atomic E-state index is 12.4. The molecule has 1 fully saturated rings. The predicted molar refractivity (Wildman–Crippen MR) is 97.2 cm³/mol. The lowest BCUT2D eigenvalue weighted by molar-refractivity contribution is 0.0829. The number of amides is 1. The highest BCUT2D eigenvalue weighted by molar-refractivity contribution is 5.99. The second-order valence-electron chi connectivity index (χ2n) is 6.71. The van der Waals surface area contributed by atoms with E-state index in [-0.39, 0.29) is 5.91 Å². The predicted octanol–water partition coefficient (Wildman–Crippen LogP) is 1.61. The number of carbonyl (C=O) groups is 1. The summed E-state index contributed by atoms with van der Waals surface area (Å²) in [7, 11) is 3.46. The van der Waals surface area contributed by atoms with E-state index in [1.807, 2.05) is 10.6 Å². The van der Waals surface area contributed by atoms with Crippen molar-refractivity contribution in [2.75, 3.05) is 32.1 Å². The van der Waals surface area contributed by atoms with Gasteiger partial charge in [0.2, 0.25) is 0 Å². The zero-order valence-corrected chi connectivity index (χ0v) is 14.9. The van der Waals surface area contributed by atoms with Gasteiger partial charge < -0.3 is 9.80 Å². The van der Waals surface area contributed by atoms with Crippen LogP contribution < -0.4 is 4.90 Å². The first-order valence-corrected chi connectivity index (χ1v) is 8.70. The van der Waals surface area contributed by atoms with E-state index in [1.165, 1.54) is 0 Å². The molecule has 0 bridgehead atoms. The van der Waals surface area contributed by atoms with Crippen molar-refractivity contribution in [2.24, 2.45) is 0 Å². The van der Waals surface area contributed by atoms with Gasteiger partial charge in [-0.2, -0.15) is 5.10 Å². The Kier molecular flexibility index (Phi) is 4.24. The van der Waals surface area contributed by atoms with Crippen molar-refractivity contribution in [1.82, 2.24) is 29.5 Å². The maximum Gasteiger partial charge on any atom is 0.258 e. The van der Waals surface area contributed by atoms with Crippen LogP contribution in [0.15, 0.2) is 37.1 Å². The average Bonchev–Trinajstić information content (AvgIpc) is 3.12. The number of fused-ring (bicyclic) bond motifs is 1. The highest BCUT2D eigenvalue weighted by atomic mass is 16.2. The molecule has 1 amide bonds. The van der Waals surface area contributed by atoms with Gasteiger partial charge in [-0.3, -0.25) is 9.78 Å². The van der Waals surface area contributed by atoms with Crippen LogP contribution in [0.3, 0.4) is 0 Å². The van der Waals surface area contributed by atoms with Gasteiger partial charge in [0.15, 0.2) is 5.65 Å². The third kappa shape index (κ3) is 2.87. The highest BCUT2D eigenvalue weighted by Gasteiger charge is 2.26. The fourth-order valence-corrected chi connectivity index (χ4v) is 3.49. The van der Waals surface area contributed by atoms with Crippen molar-refractivity contribution >= 4 is 17.4 Å². The number of hydrogen-bond donors (Lipinski definition) is 0. The molecule has 1 aliphatic rings. The lowest BCUT2D eigenvalue weighted by atomic mass is 9.94. The molecule has 4 rings (SSSR count). The fraction of sp³-hybridized carbons (Fsp3) is 0.389. The number of nitrogens with zero attached hydrogens (tertiary/aromatic N) is 7. The first-order chi connectivity index (χ1) is 12.6. The van der Waals surface area contributed by atoms with E-state index in [0.717, 1.165) is 37.4 Å². The van der Waals surface area contributed by atoms with Crippen LogP contribution in [0.2, 0.25) is 0 Å². The molecular weight excluding hydrogens is 330 g/mol. The quantitative estimate of drug-likeness (QED) is 0.713. The monoisotopic (exact) mass is 351 g/mol. The Labute approximate surface area is 151 Å². The van der Waals surface area contributed by atoms with E-state index >= 15 is 0 Å². The van der Waals surface area contributed by atoms with Crippen LogP contribution in [-0.2, 0) is 0 Å². The molecule has 134 valence electrons. The zero-order chi connectivity index (χ0) is 18.1. The van der Waals surface area contributed by atoms with E-state index in [1.54, 1.807) is 50.0 Å². The van der Waals surface area contributed by atoms with E-state index in [0.29, 0.717) is 17.1 Å². The number of rotatable bonds is 3. The van der Waals surface area contributed by atoms with Crippen molar-refractivity contribution in [1.29, 1.82) is 0 Å². The molecule has 26 heavy (non-hydrogen) atoms. The second kappa shape index (κ2) is 6.70. The molecule has 3 aromatic heterocycles. The maximum absolute atomic E-state index is 12.4. The van der Waals surface area contributed by atoms with Crippen LogP contribution in [0.25, 0.3) is 5.65 Å². The fourth-order valence-electron chi connectivity index (χ4n) is 3.49. The number of anilines is 1. The lowest BCUT2D eigenvalue weighted by Crippen LogP contribution is -2.35. The SMILES string of the molecule is CN(C)C(=O)c1cnn2c(C3CCCN(c4cnccn4)C3)ccnc12. The normalized spacial score (nSPS) is 17.5. The first kappa shape index (κ1) is 16.4. The molecule has 1 unspecified atom stereocenters. The van der Waals surface area contributed by atoms with Crippen LogP contribution in [0.4, 0.5) is 5.82 Å². The van der Waals surface area contributed by atoms with Gasteiger partial charge in [-0.15, -0.1) is 0 Å². The van der Waals surface area contributed by atoms with E-state index < -0.39 is 0 Å². The Morgan fingerprint density at radius 1 is 1.19 bits per heavy atom. The largest absolute Gasteiger partial charge is 0.355 e. The van der Waals surface area contributed by atoms with E-state index in [2.05, 4.69) is 25.0 Å². The molecule has 8 heteroatoms. The van der Waals surface area contributed by atoms with Crippen LogP contribution >= 0.6 is 0 Å². The number of aromatic nitrogens is 5. The Balaban J connectivity index is 1.67. The van der Waals surface area contributed by atoms with Gasteiger partial charge in [0.25, 0.3) is 5.91 Å². The first-order valence-electron chi connectivity index (χ1n) is 8.70. The smallest absolute Gasteiger partial charge is 0.258 e. The van der Waals surface area contributed by atoms with Gasteiger partial charge in [0, 0.05) is 51.7 Å². The lowest BCUT2D eigenvalue weighted by Gasteiger charge is -2.33. The molecule has 0 spiro atoms. The molecule has 1 saturated heterocycles. The topological polar surface area (TPSA) is 79.5 Å². The molecule has 3 aromatic rings. The van der Waals surface area contributed by atoms with E-state index in [9.17, 15) is 4.79 Å². The minimum Gasteiger partial charge on any atom is -0.355 e.